The highest BCUT2D eigenvalue weighted by Gasteiger charge is 2.24. The van der Waals surface area contributed by atoms with Crippen LogP contribution in [0.1, 0.15) is 29.8 Å². The van der Waals surface area contributed by atoms with Gasteiger partial charge in [-0.25, -0.2) is 9.50 Å². The second kappa shape index (κ2) is 6.82. The van der Waals surface area contributed by atoms with Crippen LogP contribution in [0.5, 0.6) is 0 Å². The van der Waals surface area contributed by atoms with Crippen LogP contribution in [0.25, 0.3) is 5.65 Å². The monoisotopic (exact) mass is 337 g/mol. The van der Waals surface area contributed by atoms with Crippen LogP contribution in [0.2, 0.25) is 0 Å². The predicted octanol–water partition coefficient (Wildman–Crippen LogP) is 1.73. The third-order valence-corrected chi connectivity index (χ3v) is 4.93. The van der Waals surface area contributed by atoms with Gasteiger partial charge in [0.1, 0.15) is 0 Å². The minimum atomic E-state index is -0.0658. The summed E-state index contributed by atoms with van der Waals surface area (Å²) in [6, 6.07) is 12.6. The van der Waals surface area contributed by atoms with Gasteiger partial charge in [-0.3, -0.25) is 14.8 Å². The molecule has 6 heteroatoms. The second-order valence-corrected chi connectivity index (χ2v) is 6.53. The molecular weight excluding hydrogens is 314 g/mol. The maximum absolute atomic E-state index is 12.2. The first-order valence-corrected chi connectivity index (χ1v) is 8.84. The van der Waals surface area contributed by atoms with Gasteiger partial charge in [-0.15, -0.1) is 0 Å². The Kier molecular flexibility index (Phi) is 4.38. The average Bonchev–Trinajstić information content (AvgIpc) is 3.11. The van der Waals surface area contributed by atoms with E-state index in [1.54, 1.807) is 12.3 Å². The van der Waals surface area contributed by atoms with Crippen molar-refractivity contribution in [1.29, 1.82) is 0 Å². The number of nitrogens with zero attached hydrogens (tertiary/aromatic N) is 3. The van der Waals surface area contributed by atoms with Crippen molar-refractivity contribution in [3.63, 3.8) is 0 Å². The molecule has 1 aromatic carbocycles. The molecule has 0 amide bonds. The van der Waals surface area contributed by atoms with Crippen molar-refractivity contribution >= 4 is 5.65 Å². The number of hydrogen-bond donors (Lipinski definition) is 2. The van der Waals surface area contributed by atoms with Crippen LogP contribution >= 0.6 is 0 Å². The van der Waals surface area contributed by atoms with Gasteiger partial charge in [-0.1, -0.05) is 31.2 Å². The molecule has 25 heavy (non-hydrogen) atoms. The Balaban J connectivity index is 1.60. The number of rotatable bonds is 4. The first-order chi connectivity index (χ1) is 12.2. The number of aryl methyl sites for hydroxylation is 1. The molecule has 1 unspecified atom stereocenters. The van der Waals surface area contributed by atoms with E-state index in [-0.39, 0.29) is 5.56 Å². The largest absolute Gasteiger partial charge is 0.314 e. The quantitative estimate of drug-likeness (QED) is 0.761. The molecule has 1 atom stereocenters. The molecule has 2 N–H and O–H groups in total. The topological polar surface area (TPSA) is 65.4 Å². The van der Waals surface area contributed by atoms with Crippen molar-refractivity contribution in [2.24, 2.45) is 0 Å². The van der Waals surface area contributed by atoms with Gasteiger partial charge in [0.15, 0.2) is 5.65 Å². The number of hydrogen-bond acceptors (Lipinski definition) is 4. The molecule has 3 heterocycles. The van der Waals surface area contributed by atoms with E-state index in [0.29, 0.717) is 18.2 Å². The summed E-state index contributed by atoms with van der Waals surface area (Å²) in [5, 5.41) is 6.36. The molecule has 0 bridgehead atoms. The molecule has 1 aliphatic rings. The van der Waals surface area contributed by atoms with Gasteiger partial charge in [0.05, 0.1) is 5.69 Å². The molecule has 0 saturated carbocycles. The van der Waals surface area contributed by atoms with E-state index in [0.717, 1.165) is 31.7 Å². The van der Waals surface area contributed by atoms with Gasteiger partial charge in [0.2, 0.25) is 0 Å². The van der Waals surface area contributed by atoms with Crippen molar-refractivity contribution in [3.05, 3.63) is 69.8 Å². The summed E-state index contributed by atoms with van der Waals surface area (Å²) in [6.07, 6.45) is 2.79. The number of aromatic nitrogens is 3. The third-order valence-electron chi connectivity index (χ3n) is 4.93. The minimum Gasteiger partial charge on any atom is -0.314 e. The van der Waals surface area contributed by atoms with Gasteiger partial charge in [0.25, 0.3) is 5.56 Å². The highest BCUT2D eigenvalue weighted by molar-refractivity contribution is 5.36. The molecular formula is C19H23N5O. The van der Waals surface area contributed by atoms with Crippen molar-refractivity contribution < 1.29 is 0 Å². The number of fused-ring (bicyclic) bond motifs is 1. The van der Waals surface area contributed by atoms with Crippen molar-refractivity contribution in [2.75, 3.05) is 19.6 Å². The summed E-state index contributed by atoms with van der Waals surface area (Å²) in [4.78, 5) is 19.2. The third kappa shape index (κ3) is 3.23. The maximum atomic E-state index is 12.2. The van der Waals surface area contributed by atoms with E-state index in [4.69, 9.17) is 0 Å². The lowest BCUT2D eigenvalue weighted by molar-refractivity contribution is 0.152. The fraction of sp³-hybridized carbons (Fsp3) is 0.368. The van der Waals surface area contributed by atoms with E-state index in [1.807, 2.05) is 6.07 Å². The summed E-state index contributed by atoms with van der Waals surface area (Å²) in [7, 11) is 0. The first-order valence-electron chi connectivity index (χ1n) is 8.84. The highest BCUT2D eigenvalue weighted by atomic mass is 16.1. The molecule has 0 spiro atoms. The zero-order chi connectivity index (χ0) is 17.2. The number of aromatic amines is 1. The lowest BCUT2D eigenvalue weighted by atomic mass is 10.0. The fourth-order valence-electron chi connectivity index (χ4n) is 3.51. The van der Waals surface area contributed by atoms with Crippen LogP contribution < -0.4 is 10.9 Å². The maximum Gasteiger partial charge on any atom is 0.272 e. The smallest absolute Gasteiger partial charge is 0.272 e. The lowest BCUT2D eigenvalue weighted by Crippen LogP contribution is -2.45. The van der Waals surface area contributed by atoms with E-state index in [1.165, 1.54) is 15.6 Å². The molecule has 130 valence electrons. The van der Waals surface area contributed by atoms with Crippen LogP contribution in [0, 0.1) is 0 Å². The van der Waals surface area contributed by atoms with Crippen molar-refractivity contribution in [3.8, 4) is 0 Å². The fourth-order valence-corrected chi connectivity index (χ4v) is 3.51. The summed E-state index contributed by atoms with van der Waals surface area (Å²) in [5.41, 5.74) is 4.09. The lowest BCUT2D eigenvalue weighted by Gasteiger charge is -2.36. The summed E-state index contributed by atoms with van der Waals surface area (Å²) < 4.78 is 1.46. The number of nitrogens with one attached hydrogen (secondary N) is 2. The number of benzene rings is 1. The Morgan fingerprint density at radius 2 is 2.08 bits per heavy atom. The van der Waals surface area contributed by atoms with Crippen molar-refractivity contribution in [2.45, 2.75) is 25.9 Å². The Labute approximate surface area is 146 Å². The second-order valence-electron chi connectivity index (χ2n) is 6.53. The molecule has 6 nitrogen and oxygen atoms in total. The van der Waals surface area contributed by atoms with Crippen LogP contribution in [-0.4, -0.2) is 39.1 Å². The molecule has 0 aliphatic carbocycles. The predicted molar refractivity (Wildman–Crippen MR) is 97.7 cm³/mol. The Hall–Kier alpha value is -2.44. The molecule has 4 rings (SSSR count). The molecule has 0 radical (unpaired) electrons. The summed E-state index contributed by atoms with van der Waals surface area (Å²) in [6.45, 7) is 5.66. The zero-order valence-electron chi connectivity index (χ0n) is 14.4. The van der Waals surface area contributed by atoms with E-state index in [9.17, 15) is 4.79 Å². The van der Waals surface area contributed by atoms with Crippen LogP contribution in [0.15, 0.2) is 47.4 Å². The zero-order valence-corrected chi connectivity index (χ0v) is 14.4. The van der Waals surface area contributed by atoms with Gasteiger partial charge in [-0.2, -0.15) is 0 Å². The average molecular weight is 337 g/mol. The van der Waals surface area contributed by atoms with Gasteiger partial charge in [0, 0.05) is 50.6 Å². The Morgan fingerprint density at radius 1 is 1.24 bits per heavy atom. The van der Waals surface area contributed by atoms with E-state index < -0.39 is 0 Å². The molecule has 1 aliphatic heterocycles. The van der Waals surface area contributed by atoms with Crippen molar-refractivity contribution in [1.82, 2.24) is 24.8 Å². The molecule has 1 fully saturated rings. The molecule has 2 aromatic heterocycles. The summed E-state index contributed by atoms with van der Waals surface area (Å²) in [5.74, 6) is 0. The number of piperazine rings is 1. The van der Waals surface area contributed by atoms with E-state index in [2.05, 4.69) is 51.5 Å². The Morgan fingerprint density at radius 3 is 2.88 bits per heavy atom. The van der Waals surface area contributed by atoms with Crippen LogP contribution in [0.4, 0.5) is 0 Å². The first kappa shape index (κ1) is 16.1. The highest BCUT2D eigenvalue weighted by Crippen LogP contribution is 2.24. The van der Waals surface area contributed by atoms with Gasteiger partial charge >= 0.3 is 0 Å². The van der Waals surface area contributed by atoms with E-state index >= 15 is 0 Å². The summed E-state index contributed by atoms with van der Waals surface area (Å²) >= 11 is 0. The van der Waals surface area contributed by atoms with Crippen LogP contribution in [0.3, 0.4) is 0 Å². The SMILES string of the molecule is CCc1ccc(C2CNCCN2Cc2cc(=O)n3[nH]ccc3n2)cc1. The van der Waals surface area contributed by atoms with Crippen LogP contribution in [-0.2, 0) is 13.0 Å². The number of H-pyrrole nitrogens is 1. The Bertz CT molecular complexity index is 911. The minimum absolute atomic E-state index is 0.0658. The molecule has 3 aromatic rings. The molecule has 1 saturated heterocycles. The van der Waals surface area contributed by atoms with Gasteiger partial charge in [-0.05, 0) is 17.5 Å². The normalized spacial score (nSPS) is 18.7. The standard InChI is InChI=1S/C19H23N5O/c1-2-14-3-5-15(6-4-14)17-12-20-9-10-23(17)13-16-11-19(25)24-18(22-16)7-8-21-24/h3-8,11,17,20-21H,2,9-10,12-13H2,1H3. The van der Waals surface area contributed by atoms with Gasteiger partial charge < -0.3 is 5.32 Å².